The van der Waals surface area contributed by atoms with E-state index in [2.05, 4.69) is 0 Å². The van der Waals surface area contributed by atoms with Gasteiger partial charge in [-0.3, -0.25) is 9.13 Å². The maximum atomic E-state index is 10.2. The predicted octanol–water partition coefficient (Wildman–Crippen LogP) is -2.91. The molecule has 12 heteroatoms. The Morgan fingerprint density at radius 3 is 0.929 bits per heavy atom. The van der Waals surface area contributed by atoms with Gasteiger partial charge in [0.15, 0.2) is 5.40 Å². The zero-order valence-corrected chi connectivity index (χ0v) is 6.87. The average Bonchev–Trinajstić information content (AvgIpc) is 1.59. The average molecular weight is 286 g/mol. The van der Waals surface area contributed by atoms with Gasteiger partial charge in [-0.1, -0.05) is 0 Å². The van der Waals surface area contributed by atoms with E-state index in [0.29, 0.717) is 0 Å². The van der Waals surface area contributed by atoms with Crippen molar-refractivity contribution in [3.05, 3.63) is 0 Å². The zero-order chi connectivity index (χ0) is 8.58. The summed E-state index contributed by atoms with van der Waals surface area (Å²) in [5.74, 6) is 0. The van der Waals surface area contributed by atoms with Gasteiger partial charge in [0.25, 0.3) is 0 Å². The van der Waals surface area contributed by atoms with E-state index in [1.165, 1.54) is 0 Å². The van der Waals surface area contributed by atoms with Crippen LogP contribution in [-0.2, 0) is 9.13 Å². The van der Waals surface area contributed by atoms with Crippen LogP contribution in [0.4, 0.5) is 0 Å². The van der Waals surface area contributed by atoms with Crippen molar-refractivity contribution >= 4 is 133 Å². The predicted molar refractivity (Wildman–Crippen MR) is 62.1 cm³/mol. The molecule has 4 N–H and O–H groups in total. The maximum absolute atomic E-state index is 10.2. The Balaban J connectivity index is -0.0000000675. The zero-order valence-electron chi connectivity index (χ0n) is 5.08. The van der Waals surface area contributed by atoms with Crippen molar-refractivity contribution in [2.75, 3.05) is 0 Å². The van der Waals surface area contributed by atoms with Gasteiger partial charge < -0.3 is 19.6 Å². The van der Waals surface area contributed by atoms with Crippen molar-refractivity contribution in [2.45, 2.75) is 12.3 Å². The molecule has 70 valence electrons. The summed E-state index contributed by atoms with van der Waals surface area (Å²) in [6.45, 7) is 0.807. The van der Waals surface area contributed by atoms with Crippen LogP contribution in [0.3, 0.4) is 0 Å². The summed E-state index contributed by atoms with van der Waals surface area (Å²) in [5, 5.41) is -1.90. The summed E-state index contributed by atoms with van der Waals surface area (Å²) < 4.78 is 20.4. The molecule has 0 saturated carbocycles. The van der Waals surface area contributed by atoms with Crippen molar-refractivity contribution in [3.8, 4) is 0 Å². The molecule has 0 atom stereocenters. The van der Waals surface area contributed by atoms with E-state index in [9.17, 15) is 9.13 Å². The van der Waals surface area contributed by atoms with Crippen molar-refractivity contribution in [1.29, 1.82) is 0 Å². The fourth-order valence-corrected chi connectivity index (χ4v) is 1.76. The molecule has 0 aliphatic heterocycles. The van der Waals surface area contributed by atoms with Crippen LogP contribution in [0.5, 0.6) is 0 Å². The van der Waals surface area contributed by atoms with Gasteiger partial charge in [-0.05, 0) is 6.92 Å². The molecular weight excluding hydrogens is 274 g/mol. The van der Waals surface area contributed by atoms with Crippen molar-refractivity contribution in [3.63, 3.8) is 0 Å². The molecule has 0 spiro atoms. The van der Waals surface area contributed by atoms with Gasteiger partial charge >= 0.3 is 133 Å². The van der Waals surface area contributed by atoms with Crippen molar-refractivity contribution in [2.24, 2.45) is 0 Å². The summed E-state index contributed by atoms with van der Waals surface area (Å²) in [7, 11) is -9.28. The van der Waals surface area contributed by atoms with Crippen LogP contribution in [0.15, 0.2) is 0 Å². The first-order valence-corrected chi connectivity index (χ1v) is 5.62. The second-order valence-electron chi connectivity index (χ2n) is 1.81. The number of hydrogen-bond donors (Lipinski definition) is 4. The Hall–Kier alpha value is 4.30. The Bertz CT molecular complexity index is 188. The second kappa shape index (κ2) is 12.3. The molecule has 0 unspecified atom stereocenters. The minimum atomic E-state index is -4.64. The van der Waals surface area contributed by atoms with E-state index in [4.69, 9.17) is 19.6 Å². The molecule has 0 aromatic heterocycles. The van der Waals surface area contributed by atoms with Gasteiger partial charge in [0, 0.05) is 0 Å². The Morgan fingerprint density at radius 2 is 0.929 bits per heavy atom. The Morgan fingerprint density at radius 1 is 0.786 bits per heavy atom. The van der Waals surface area contributed by atoms with Gasteiger partial charge in [0.1, 0.15) is 0 Å². The normalized spacial score (nSPS) is 10.1. The first-order valence-electron chi connectivity index (χ1n) is 2.26. The number of rotatable bonds is 2. The van der Waals surface area contributed by atoms with Crippen LogP contribution >= 0.6 is 15.2 Å². The van der Waals surface area contributed by atoms with Crippen molar-refractivity contribution in [1.82, 2.24) is 0 Å². The molecule has 0 aliphatic carbocycles. The van der Waals surface area contributed by atoms with E-state index in [1.807, 2.05) is 0 Å². The standard InChI is InChI=1S/C2H8O6P2.4Na.4H/c1-2(9(3,4)5)10(6,7)8;;;;;;;;/h2H,1H3,(H2,3,4,5)(H2,6,7,8);;;;;;;;. The number of hydrogen-bond acceptors (Lipinski definition) is 2. The molecule has 0 fully saturated rings. The molecule has 0 aromatic carbocycles. The van der Waals surface area contributed by atoms with E-state index in [-0.39, 0.29) is 118 Å². The third kappa shape index (κ3) is 14.4. The fraction of sp³-hybridized carbons (Fsp3) is 1.00. The summed E-state index contributed by atoms with van der Waals surface area (Å²) >= 11 is 0. The molecular formula is C2H12Na4O6P2. The van der Waals surface area contributed by atoms with Crippen LogP contribution in [-0.4, -0.2) is 143 Å². The van der Waals surface area contributed by atoms with Gasteiger partial charge in [0.05, 0.1) is 0 Å². The van der Waals surface area contributed by atoms with Gasteiger partial charge in [-0.2, -0.15) is 0 Å². The summed E-state index contributed by atoms with van der Waals surface area (Å²) in [6.07, 6.45) is 0. The van der Waals surface area contributed by atoms with Gasteiger partial charge in [-0.25, -0.2) is 0 Å². The molecule has 0 saturated heterocycles. The van der Waals surface area contributed by atoms with E-state index in [0.717, 1.165) is 6.92 Å². The molecule has 0 bridgehead atoms. The summed E-state index contributed by atoms with van der Waals surface area (Å²) in [4.78, 5) is 33.0. The Kier molecular flexibility index (Phi) is 27.3. The molecule has 0 aromatic rings. The van der Waals surface area contributed by atoms with Crippen LogP contribution in [0.1, 0.15) is 6.92 Å². The molecule has 0 aliphatic rings. The van der Waals surface area contributed by atoms with Gasteiger partial charge in [0.2, 0.25) is 0 Å². The van der Waals surface area contributed by atoms with E-state index in [1.54, 1.807) is 0 Å². The SMILES string of the molecule is CC(P(=O)(O)O)P(=O)(O)O.[NaH].[NaH].[NaH].[NaH]. The molecule has 0 heterocycles. The van der Waals surface area contributed by atoms with Gasteiger partial charge in [-0.15, -0.1) is 0 Å². The van der Waals surface area contributed by atoms with Crippen LogP contribution in [0.25, 0.3) is 0 Å². The topological polar surface area (TPSA) is 115 Å². The first-order chi connectivity index (χ1) is 4.15. The monoisotopic (exact) mass is 286 g/mol. The third-order valence-corrected chi connectivity index (χ3v) is 4.73. The summed E-state index contributed by atoms with van der Waals surface area (Å²) in [6, 6.07) is 0. The van der Waals surface area contributed by atoms with Crippen LogP contribution < -0.4 is 0 Å². The van der Waals surface area contributed by atoms with E-state index < -0.39 is 20.6 Å². The minimum absolute atomic E-state index is 0. The van der Waals surface area contributed by atoms with E-state index >= 15 is 0 Å². The molecule has 0 radical (unpaired) electrons. The molecule has 6 nitrogen and oxygen atoms in total. The van der Waals surface area contributed by atoms with Crippen LogP contribution in [0.2, 0.25) is 0 Å². The van der Waals surface area contributed by atoms with Crippen molar-refractivity contribution < 1.29 is 28.7 Å². The van der Waals surface area contributed by atoms with Crippen LogP contribution in [0, 0.1) is 0 Å². The quantitative estimate of drug-likeness (QED) is 0.320. The first kappa shape index (κ1) is 31.0. The molecule has 14 heavy (non-hydrogen) atoms. The third-order valence-electron chi connectivity index (χ3n) is 0.974. The molecule has 0 amide bonds. The fourth-order valence-electron chi connectivity index (χ4n) is 0.196. The summed E-state index contributed by atoms with van der Waals surface area (Å²) in [5.41, 5.74) is 0. The Labute approximate surface area is 171 Å². The second-order valence-corrected chi connectivity index (χ2v) is 6.12. The molecule has 0 rings (SSSR count).